The molecule has 0 amide bonds. The van der Waals surface area contributed by atoms with Crippen molar-refractivity contribution in [2.24, 2.45) is 5.41 Å². The van der Waals surface area contributed by atoms with Gasteiger partial charge in [0.25, 0.3) is 0 Å². The van der Waals surface area contributed by atoms with Gasteiger partial charge >= 0.3 is 0 Å². The lowest BCUT2D eigenvalue weighted by Crippen LogP contribution is -2.48. The van der Waals surface area contributed by atoms with Crippen LogP contribution in [0.5, 0.6) is 0 Å². The van der Waals surface area contributed by atoms with Crippen LogP contribution in [-0.4, -0.2) is 47.8 Å². The minimum absolute atomic E-state index is 0.00735. The Hall–Kier alpha value is -0.120. The molecule has 1 saturated heterocycles. The van der Waals surface area contributed by atoms with Crippen LogP contribution in [0.3, 0.4) is 0 Å². The van der Waals surface area contributed by atoms with Crippen LogP contribution < -0.4 is 5.32 Å². The molecule has 1 aliphatic heterocycles. The van der Waals surface area contributed by atoms with Gasteiger partial charge in [-0.25, -0.2) is 0 Å². The Labute approximate surface area is 112 Å². The molecule has 0 radical (unpaired) electrons. The van der Waals surface area contributed by atoms with Gasteiger partial charge in [-0.3, -0.25) is 4.90 Å². The molecule has 1 heterocycles. The van der Waals surface area contributed by atoms with E-state index in [1.807, 2.05) is 0 Å². The second-order valence-corrected chi connectivity index (χ2v) is 7.15. The predicted octanol–water partition coefficient (Wildman–Crippen LogP) is 2.00. The average Bonchev–Trinajstić information content (AvgIpc) is 2.91. The Bertz CT molecular complexity index is 280. The van der Waals surface area contributed by atoms with Crippen LogP contribution in [0.2, 0.25) is 0 Å². The smallest absolute Gasteiger partial charge is 0.0613 e. The molecule has 1 saturated carbocycles. The molecule has 0 aromatic carbocycles. The first kappa shape index (κ1) is 14.3. The van der Waals surface area contributed by atoms with Crippen molar-refractivity contribution in [2.75, 3.05) is 26.2 Å². The van der Waals surface area contributed by atoms with Gasteiger partial charge in [-0.15, -0.1) is 0 Å². The van der Waals surface area contributed by atoms with Gasteiger partial charge in [0.2, 0.25) is 0 Å². The summed E-state index contributed by atoms with van der Waals surface area (Å²) in [5.41, 5.74) is 0.495. The monoisotopic (exact) mass is 254 g/mol. The summed E-state index contributed by atoms with van der Waals surface area (Å²) < 4.78 is 0. The van der Waals surface area contributed by atoms with Crippen molar-refractivity contribution >= 4 is 0 Å². The first-order valence-electron chi connectivity index (χ1n) is 7.60. The Morgan fingerprint density at radius 1 is 1.33 bits per heavy atom. The van der Waals surface area contributed by atoms with Crippen LogP contribution >= 0.6 is 0 Å². The number of likely N-dealkylation sites (tertiary alicyclic amines) is 1. The molecule has 0 bridgehead atoms. The third-order valence-corrected chi connectivity index (χ3v) is 4.86. The maximum Gasteiger partial charge on any atom is 0.0613 e. The summed E-state index contributed by atoms with van der Waals surface area (Å²) in [7, 11) is 0. The summed E-state index contributed by atoms with van der Waals surface area (Å²) in [4.78, 5) is 2.66. The minimum Gasteiger partial charge on any atom is -0.394 e. The summed E-state index contributed by atoms with van der Waals surface area (Å²) in [5.74, 6) is 0. The van der Waals surface area contributed by atoms with Crippen molar-refractivity contribution in [1.29, 1.82) is 0 Å². The molecule has 2 unspecified atom stereocenters. The number of nitrogens with zero attached hydrogens (tertiary/aromatic N) is 1. The van der Waals surface area contributed by atoms with E-state index in [0.29, 0.717) is 18.1 Å². The maximum absolute atomic E-state index is 9.73. The average molecular weight is 254 g/mol. The third kappa shape index (κ3) is 3.06. The molecule has 0 aromatic rings. The summed E-state index contributed by atoms with van der Waals surface area (Å²) in [5, 5.41) is 13.3. The zero-order valence-corrected chi connectivity index (χ0v) is 12.3. The highest BCUT2D eigenvalue weighted by molar-refractivity contribution is 5.01. The van der Waals surface area contributed by atoms with Gasteiger partial charge in [0.1, 0.15) is 0 Å². The molecule has 0 aromatic heterocycles. The zero-order valence-electron chi connectivity index (χ0n) is 12.3. The fourth-order valence-electron chi connectivity index (χ4n) is 3.63. The predicted molar refractivity (Wildman–Crippen MR) is 75.7 cm³/mol. The second kappa shape index (κ2) is 5.48. The van der Waals surface area contributed by atoms with Gasteiger partial charge in [-0.05, 0) is 50.6 Å². The highest BCUT2D eigenvalue weighted by Gasteiger charge is 2.43. The number of rotatable bonds is 5. The van der Waals surface area contributed by atoms with E-state index < -0.39 is 0 Å². The lowest BCUT2D eigenvalue weighted by Gasteiger charge is -2.31. The van der Waals surface area contributed by atoms with Crippen molar-refractivity contribution in [3.05, 3.63) is 0 Å². The fourth-order valence-corrected chi connectivity index (χ4v) is 3.63. The Balaban J connectivity index is 1.91. The number of aliphatic hydroxyl groups is 1. The van der Waals surface area contributed by atoms with Gasteiger partial charge in [-0.1, -0.05) is 20.8 Å². The Morgan fingerprint density at radius 3 is 2.67 bits per heavy atom. The molecular weight excluding hydrogens is 224 g/mol. The van der Waals surface area contributed by atoms with Crippen LogP contribution in [-0.2, 0) is 0 Å². The van der Waals surface area contributed by atoms with E-state index >= 15 is 0 Å². The van der Waals surface area contributed by atoms with Crippen LogP contribution in [0, 0.1) is 5.41 Å². The van der Waals surface area contributed by atoms with Crippen molar-refractivity contribution < 1.29 is 5.11 Å². The van der Waals surface area contributed by atoms with Gasteiger partial charge in [0, 0.05) is 18.1 Å². The lowest BCUT2D eigenvalue weighted by molar-refractivity contribution is 0.147. The van der Waals surface area contributed by atoms with Gasteiger partial charge in [0.15, 0.2) is 0 Å². The molecule has 2 fully saturated rings. The van der Waals surface area contributed by atoms with Crippen LogP contribution in [0.4, 0.5) is 0 Å². The van der Waals surface area contributed by atoms with Crippen LogP contribution in [0.1, 0.15) is 52.9 Å². The van der Waals surface area contributed by atoms with Crippen molar-refractivity contribution in [1.82, 2.24) is 10.2 Å². The van der Waals surface area contributed by atoms with Crippen molar-refractivity contribution in [3.63, 3.8) is 0 Å². The standard InChI is InChI=1S/C15H30N2O/c1-4-8-16-15(12-18)6-5-13(10-15)17-9-7-14(2,3)11-17/h13,16,18H,4-12H2,1-3H3. The Morgan fingerprint density at radius 2 is 2.11 bits per heavy atom. The quantitative estimate of drug-likeness (QED) is 0.788. The lowest BCUT2D eigenvalue weighted by atomic mass is 9.93. The van der Waals surface area contributed by atoms with E-state index in [1.165, 1.54) is 25.9 Å². The molecular formula is C15H30N2O. The van der Waals surface area contributed by atoms with Gasteiger partial charge < -0.3 is 10.4 Å². The summed E-state index contributed by atoms with van der Waals surface area (Å²) >= 11 is 0. The molecule has 3 heteroatoms. The molecule has 0 spiro atoms. The van der Waals surface area contributed by atoms with E-state index in [9.17, 15) is 5.11 Å². The number of hydrogen-bond donors (Lipinski definition) is 2. The molecule has 1 aliphatic carbocycles. The molecule has 106 valence electrons. The first-order valence-corrected chi connectivity index (χ1v) is 7.60. The van der Waals surface area contributed by atoms with Crippen molar-refractivity contribution in [3.8, 4) is 0 Å². The summed E-state index contributed by atoms with van der Waals surface area (Å²) in [6.07, 6.45) is 5.96. The van der Waals surface area contributed by atoms with Crippen LogP contribution in [0.25, 0.3) is 0 Å². The van der Waals surface area contributed by atoms with E-state index in [-0.39, 0.29) is 5.54 Å². The van der Waals surface area contributed by atoms with E-state index in [2.05, 4.69) is 31.0 Å². The highest BCUT2D eigenvalue weighted by Crippen LogP contribution is 2.38. The number of nitrogens with one attached hydrogen (secondary N) is 1. The molecule has 2 aliphatic rings. The largest absolute Gasteiger partial charge is 0.394 e. The first-order chi connectivity index (χ1) is 8.50. The topological polar surface area (TPSA) is 35.5 Å². The third-order valence-electron chi connectivity index (χ3n) is 4.86. The summed E-state index contributed by atoms with van der Waals surface area (Å²) in [6.45, 7) is 10.7. The summed E-state index contributed by atoms with van der Waals surface area (Å²) in [6, 6.07) is 0.684. The molecule has 2 rings (SSSR count). The Kier molecular flexibility index (Phi) is 4.35. The fraction of sp³-hybridized carbons (Fsp3) is 1.00. The normalized spacial score (nSPS) is 36.3. The minimum atomic E-state index is 0.00735. The SMILES string of the molecule is CCCNC1(CO)CCC(N2CCC(C)(C)C2)C1. The molecule has 2 atom stereocenters. The molecule has 3 nitrogen and oxygen atoms in total. The van der Waals surface area contributed by atoms with Crippen LogP contribution in [0.15, 0.2) is 0 Å². The number of hydrogen-bond acceptors (Lipinski definition) is 3. The van der Waals surface area contributed by atoms with Gasteiger partial charge in [-0.2, -0.15) is 0 Å². The van der Waals surface area contributed by atoms with Crippen molar-refractivity contribution in [2.45, 2.75) is 64.5 Å². The second-order valence-electron chi connectivity index (χ2n) is 7.15. The number of aliphatic hydroxyl groups excluding tert-OH is 1. The van der Waals surface area contributed by atoms with E-state index in [4.69, 9.17) is 0 Å². The maximum atomic E-state index is 9.73. The molecule has 18 heavy (non-hydrogen) atoms. The zero-order chi connectivity index (χ0) is 13.2. The highest BCUT2D eigenvalue weighted by atomic mass is 16.3. The van der Waals surface area contributed by atoms with E-state index in [1.54, 1.807) is 0 Å². The molecule has 2 N–H and O–H groups in total. The van der Waals surface area contributed by atoms with E-state index in [0.717, 1.165) is 25.8 Å². The van der Waals surface area contributed by atoms with Gasteiger partial charge in [0.05, 0.1) is 6.61 Å².